The maximum absolute atomic E-state index is 5.69. The zero-order valence-electron chi connectivity index (χ0n) is 18.1. The minimum Gasteiger partial charge on any atom is -0.491 e. The van der Waals surface area contributed by atoms with Gasteiger partial charge in [-0.3, -0.25) is 9.67 Å². The van der Waals surface area contributed by atoms with Crippen molar-refractivity contribution in [3.63, 3.8) is 0 Å². The Bertz CT molecular complexity index is 753. The highest BCUT2D eigenvalue weighted by Gasteiger charge is 2.15. The minimum atomic E-state index is 0. The predicted molar refractivity (Wildman–Crippen MR) is 127 cm³/mol. The number of ether oxygens (including phenoxy) is 1. The van der Waals surface area contributed by atoms with Gasteiger partial charge in [0.25, 0.3) is 0 Å². The van der Waals surface area contributed by atoms with E-state index in [0.717, 1.165) is 23.9 Å². The third-order valence-electron chi connectivity index (χ3n) is 4.21. The summed E-state index contributed by atoms with van der Waals surface area (Å²) < 4.78 is 7.58. The van der Waals surface area contributed by atoms with Crippen molar-refractivity contribution in [2.45, 2.75) is 52.8 Å². The maximum Gasteiger partial charge on any atom is 0.193 e. The van der Waals surface area contributed by atoms with Crippen molar-refractivity contribution in [3.05, 3.63) is 47.3 Å². The Hall–Kier alpha value is -1.77. The Kier molecular flexibility index (Phi) is 9.78. The van der Waals surface area contributed by atoms with E-state index in [1.165, 1.54) is 11.1 Å². The van der Waals surface area contributed by atoms with Crippen LogP contribution in [0.15, 0.2) is 35.5 Å². The Balaban J connectivity index is 0.00000392. The molecule has 0 fully saturated rings. The van der Waals surface area contributed by atoms with E-state index < -0.39 is 0 Å². The predicted octanol–water partition coefficient (Wildman–Crippen LogP) is 4.16. The van der Waals surface area contributed by atoms with E-state index in [4.69, 9.17) is 4.74 Å². The van der Waals surface area contributed by atoms with Crippen molar-refractivity contribution in [1.29, 1.82) is 0 Å². The molecule has 156 valence electrons. The topological polar surface area (TPSA) is 54.7 Å². The molecule has 0 radical (unpaired) electrons. The second kappa shape index (κ2) is 11.3. The molecule has 0 saturated carbocycles. The Morgan fingerprint density at radius 3 is 2.39 bits per heavy atom. The molecule has 0 unspecified atom stereocenters. The monoisotopic (exact) mass is 499 g/mol. The van der Waals surface area contributed by atoms with Crippen molar-refractivity contribution in [2.24, 2.45) is 12.0 Å². The molecule has 0 aliphatic heterocycles. The number of aliphatic imine (C=N–C) groups is 1. The lowest BCUT2D eigenvalue weighted by Gasteiger charge is -2.22. The van der Waals surface area contributed by atoms with Crippen LogP contribution in [-0.2, 0) is 20.1 Å². The van der Waals surface area contributed by atoms with Gasteiger partial charge in [-0.1, -0.05) is 26.0 Å². The first-order valence-corrected chi connectivity index (χ1v) is 9.50. The highest BCUT2D eigenvalue weighted by Crippen LogP contribution is 2.18. The number of nitrogens with one attached hydrogen (secondary N) is 1. The summed E-state index contributed by atoms with van der Waals surface area (Å²) in [6.45, 7) is 9.88. The Morgan fingerprint density at radius 2 is 1.86 bits per heavy atom. The molecule has 2 rings (SSSR count). The molecule has 0 bridgehead atoms. The van der Waals surface area contributed by atoms with E-state index in [-0.39, 0.29) is 30.1 Å². The summed E-state index contributed by atoms with van der Waals surface area (Å²) in [7, 11) is 5.83. The number of rotatable bonds is 7. The standard InChI is InChI=1S/C21H33N5O.HI/c1-15(2)20-18(14-26(7)24-20)13-25(6)21(22-5)23-12-17-8-10-19(11-9-17)27-16(3)4;/h8-11,14-16H,12-13H2,1-7H3,(H,22,23);1H. The van der Waals surface area contributed by atoms with E-state index in [1.54, 1.807) is 0 Å². The van der Waals surface area contributed by atoms with Crippen molar-refractivity contribution in [1.82, 2.24) is 20.0 Å². The van der Waals surface area contributed by atoms with Crippen LogP contribution < -0.4 is 10.1 Å². The number of guanidine groups is 1. The fourth-order valence-electron chi connectivity index (χ4n) is 3.02. The molecule has 2 aromatic rings. The maximum atomic E-state index is 5.69. The van der Waals surface area contributed by atoms with Gasteiger partial charge in [0.1, 0.15) is 5.75 Å². The fourth-order valence-corrected chi connectivity index (χ4v) is 3.02. The number of hydrogen-bond acceptors (Lipinski definition) is 3. The van der Waals surface area contributed by atoms with Crippen LogP contribution in [0.3, 0.4) is 0 Å². The van der Waals surface area contributed by atoms with Crippen molar-refractivity contribution in [2.75, 3.05) is 14.1 Å². The Labute approximate surface area is 186 Å². The summed E-state index contributed by atoms with van der Waals surface area (Å²) in [4.78, 5) is 6.54. The molecule has 0 saturated heterocycles. The lowest BCUT2D eigenvalue weighted by molar-refractivity contribution is 0.242. The molecule has 1 N–H and O–H groups in total. The first kappa shape index (κ1) is 24.3. The van der Waals surface area contributed by atoms with Crippen LogP contribution in [0.25, 0.3) is 0 Å². The zero-order valence-corrected chi connectivity index (χ0v) is 20.4. The van der Waals surface area contributed by atoms with Gasteiger partial charge in [0.2, 0.25) is 0 Å². The third-order valence-corrected chi connectivity index (χ3v) is 4.21. The normalized spacial score (nSPS) is 11.5. The molecule has 0 atom stereocenters. The number of nitrogens with zero attached hydrogens (tertiary/aromatic N) is 4. The van der Waals surface area contributed by atoms with Gasteiger partial charge in [-0.15, -0.1) is 24.0 Å². The van der Waals surface area contributed by atoms with Crippen LogP contribution in [-0.4, -0.2) is 40.8 Å². The second-order valence-electron chi connectivity index (χ2n) is 7.44. The zero-order chi connectivity index (χ0) is 20.0. The molecule has 0 aliphatic rings. The van der Waals surface area contributed by atoms with Crippen LogP contribution in [0, 0.1) is 0 Å². The summed E-state index contributed by atoms with van der Waals surface area (Å²) in [5.41, 5.74) is 3.55. The lowest BCUT2D eigenvalue weighted by atomic mass is 10.1. The first-order chi connectivity index (χ1) is 12.8. The van der Waals surface area contributed by atoms with Gasteiger partial charge in [-0.25, -0.2) is 0 Å². The number of benzene rings is 1. The summed E-state index contributed by atoms with van der Waals surface area (Å²) >= 11 is 0. The van der Waals surface area contributed by atoms with E-state index in [0.29, 0.717) is 12.5 Å². The molecule has 1 aromatic heterocycles. The smallest absolute Gasteiger partial charge is 0.193 e. The van der Waals surface area contributed by atoms with Crippen LogP contribution in [0.1, 0.15) is 50.4 Å². The van der Waals surface area contributed by atoms with Gasteiger partial charge in [-0.2, -0.15) is 5.10 Å². The highest BCUT2D eigenvalue weighted by atomic mass is 127. The number of aromatic nitrogens is 2. The summed E-state index contributed by atoms with van der Waals surface area (Å²) in [5.74, 6) is 2.15. The molecule has 6 nitrogen and oxygen atoms in total. The summed E-state index contributed by atoms with van der Waals surface area (Å²) in [6.07, 6.45) is 2.27. The molecule has 1 aromatic carbocycles. The average molecular weight is 499 g/mol. The van der Waals surface area contributed by atoms with Crippen molar-refractivity contribution in [3.8, 4) is 5.75 Å². The quantitative estimate of drug-likeness (QED) is 0.353. The van der Waals surface area contributed by atoms with Crippen LogP contribution in [0.5, 0.6) is 5.75 Å². The van der Waals surface area contributed by atoms with Crippen molar-refractivity contribution < 1.29 is 4.74 Å². The Morgan fingerprint density at radius 1 is 1.21 bits per heavy atom. The molecule has 7 heteroatoms. The van der Waals surface area contributed by atoms with Gasteiger partial charge < -0.3 is 15.0 Å². The molecule has 0 spiro atoms. The summed E-state index contributed by atoms with van der Waals surface area (Å²) in [5, 5.41) is 8.02. The molecule has 28 heavy (non-hydrogen) atoms. The molecule has 1 heterocycles. The third kappa shape index (κ3) is 7.00. The van der Waals surface area contributed by atoms with E-state index in [2.05, 4.69) is 52.5 Å². The van der Waals surface area contributed by atoms with Crippen LogP contribution in [0.2, 0.25) is 0 Å². The van der Waals surface area contributed by atoms with E-state index >= 15 is 0 Å². The van der Waals surface area contributed by atoms with Crippen molar-refractivity contribution >= 4 is 29.9 Å². The molecule has 0 aliphatic carbocycles. The fraction of sp³-hybridized carbons (Fsp3) is 0.524. The minimum absolute atomic E-state index is 0. The van der Waals surface area contributed by atoms with Gasteiger partial charge in [0.15, 0.2) is 5.96 Å². The molecular formula is C21H34IN5O. The van der Waals surface area contributed by atoms with E-state index in [1.807, 2.05) is 51.8 Å². The van der Waals surface area contributed by atoms with Gasteiger partial charge in [0, 0.05) is 46.0 Å². The van der Waals surface area contributed by atoms with Gasteiger partial charge in [-0.05, 0) is 37.5 Å². The average Bonchev–Trinajstić information content (AvgIpc) is 2.97. The largest absolute Gasteiger partial charge is 0.491 e. The molecule has 0 amide bonds. The van der Waals surface area contributed by atoms with Gasteiger partial charge >= 0.3 is 0 Å². The summed E-state index contributed by atoms with van der Waals surface area (Å²) in [6, 6.07) is 8.17. The number of hydrogen-bond donors (Lipinski definition) is 1. The van der Waals surface area contributed by atoms with Crippen LogP contribution in [0.4, 0.5) is 0 Å². The molecular weight excluding hydrogens is 465 g/mol. The number of aryl methyl sites for hydroxylation is 1. The number of halogens is 1. The second-order valence-corrected chi connectivity index (χ2v) is 7.44. The van der Waals surface area contributed by atoms with Crippen LogP contribution >= 0.6 is 24.0 Å². The SMILES string of the molecule is CN=C(NCc1ccc(OC(C)C)cc1)N(C)Cc1cn(C)nc1C(C)C.I. The van der Waals surface area contributed by atoms with Gasteiger partial charge in [0.05, 0.1) is 11.8 Å². The van der Waals surface area contributed by atoms with E-state index in [9.17, 15) is 0 Å². The lowest BCUT2D eigenvalue weighted by Crippen LogP contribution is -2.38. The highest BCUT2D eigenvalue weighted by molar-refractivity contribution is 14.0. The first-order valence-electron chi connectivity index (χ1n) is 9.50.